The van der Waals surface area contributed by atoms with E-state index in [0.717, 1.165) is 18.4 Å². The topological polar surface area (TPSA) is 143 Å². The number of aldehydes is 1. The summed E-state index contributed by atoms with van der Waals surface area (Å²) in [5, 5.41) is 0. The molecule has 0 bridgehead atoms. The summed E-state index contributed by atoms with van der Waals surface area (Å²) in [6.07, 6.45) is -2.55. The Morgan fingerprint density at radius 2 is 1.85 bits per heavy atom. The minimum absolute atomic E-state index is 0.151. The number of ether oxygens (including phenoxy) is 4. The van der Waals surface area contributed by atoms with E-state index in [-0.39, 0.29) is 18.8 Å². The molecule has 2 heterocycles. The number of aromatic amines is 1. The molecular weight excluding hydrogens is 364 g/mol. The Kier molecular flexibility index (Phi) is 6.64. The van der Waals surface area contributed by atoms with Crippen LogP contribution in [0.4, 0.5) is 0 Å². The second-order valence-corrected chi connectivity index (χ2v) is 5.90. The van der Waals surface area contributed by atoms with E-state index >= 15 is 0 Å². The third-order valence-corrected chi connectivity index (χ3v) is 3.78. The van der Waals surface area contributed by atoms with E-state index in [0.29, 0.717) is 6.29 Å². The molecule has 0 radical (unpaired) electrons. The standard InChI is InChI=1S/C16H20N2O9/c1-8-6-18(16(23)17-14(8)22)15-13(26-10(3)21)12(25-9(2)20)11(27-15)7-24-5-4-19/h4,6,11-13,15H,5,7H2,1-3H3,(H,17,22,23)/t11-,12?,13?,15-/m0/s1. The first kappa shape index (κ1) is 20.5. The number of esters is 2. The fourth-order valence-electron chi connectivity index (χ4n) is 2.72. The maximum absolute atomic E-state index is 12.2. The van der Waals surface area contributed by atoms with E-state index in [2.05, 4.69) is 4.98 Å². The SMILES string of the molecule is CC(=O)OC1C(OC(C)=O)[C@@H](n2cc(C)c(=O)[nH]c2=O)O[C@H]1COCC=O. The van der Waals surface area contributed by atoms with Gasteiger partial charge in [0.25, 0.3) is 5.56 Å². The number of nitrogens with one attached hydrogen (secondary N) is 1. The summed E-state index contributed by atoms with van der Waals surface area (Å²) >= 11 is 0. The molecule has 1 saturated heterocycles. The molecule has 1 aromatic heterocycles. The molecule has 1 aliphatic heterocycles. The highest BCUT2D eigenvalue weighted by atomic mass is 16.7. The Morgan fingerprint density at radius 1 is 1.22 bits per heavy atom. The molecular formula is C16H20N2O9. The van der Waals surface area contributed by atoms with Crippen molar-refractivity contribution >= 4 is 18.2 Å². The van der Waals surface area contributed by atoms with Crippen LogP contribution < -0.4 is 11.2 Å². The third-order valence-electron chi connectivity index (χ3n) is 3.78. The average molecular weight is 384 g/mol. The van der Waals surface area contributed by atoms with Gasteiger partial charge in [0.2, 0.25) is 0 Å². The van der Waals surface area contributed by atoms with Gasteiger partial charge in [-0.05, 0) is 6.92 Å². The molecule has 148 valence electrons. The van der Waals surface area contributed by atoms with E-state index in [1.54, 1.807) is 0 Å². The summed E-state index contributed by atoms with van der Waals surface area (Å²) in [5.41, 5.74) is -1.13. The van der Waals surface area contributed by atoms with Gasteiger partial charge in [-0.15, -0.1) is 0 Å². The molecule has 0 amide bonds. The van der Waals surface area contributed by atoms with Gasteiger partial charge >= 0.3 is 17.6 Å². The highest BCUT2D eigenvalue weighted by molar-refractivity contribution is 5.67. The molecule has 1 N–H and O–H groups in total. The normalized spacial score (nSPS) is 24.4. The van der Waals surface area contributed by atoms with Gasteiger partial charge in [-0.3, -0.25) is 23.9 Å². The lowest BCUT2D eigenvalue weighted by Gasteiger charge is -2.24. The minimum atomic E-state index is -1.17. The first-order valence-corrected chi connectivity index (χ1v) is 8.08. The van der Waals surface area contributed by atoms with Crippen molar-refractivity contribution in [2.75, 3.05) is 13.2 Å². The van der Waals surface area contributed by atoms with Gasteiger partial charge in [0.05, 0.1) is 6.61 Å². The van der Waals surface area contributed by atoms with Crippen LogP contribution in [0.1, 0.15) is 25.6 Å². The highest BCUT2D eigenvalue weighted by Gasteiger charge is 2.50. The third kappa shape index (κ3) is 4.89. The van der Waals surface area contributed by atoms with Crippen molar-refractivity contribution in [3.63, 3.8) is 0 Å². The molecule has 1 aromatic rings. The van der Waals surface area contributed by atoms with Crippen LogP contribution in [0.25, 0.3) is 0 Å². The Bertz CT molecular complexity index is 828. The molecule has 11 heteroatoms. The van der Waals surface area contributed by atoms with Crippen LogP contribution in [0, 0.1) is 6.92 Å². The van der Waals surface area contributed by atoms with Crippen molar-refractivity contribution in [3.8, 4) is 0 Å². The van der Waals surface area contributed by atoms with Gasteiger partial charge in [-0.2, -0.15) is 0 Å². The predicted molar refractivity (Wildman–Crippen MR) is 88.0 cm³/mol. The van der Waals surface area contributed by atoms with Crippen LogP contribution in [0.5, 0.6) is 0 Å². The fraction of sp³-hybridized carbons (Fsp3) is 0.562. The molecule has 11 nitrogen and oxygen atoms in total. The number of hydrogen-bond acceptors (Lipinski definition) is 9. The van der Waals surface area contributed by atoms with Gasteiger partial charge < -0.3 is 23.7 Å². The van der Waals surface area contributed by atoms with E-state index in [1.807, 2.05) is 0 Å². The molecule has 0 spiro atoms. The summed E-state index contributed by atoms with van der Waals surface area (Å²) in [4.78, 5) is 59.4. The van der Waals surface area contributed by atoms with Crippen molar-refractivity contribution in [1.82, 2.24) is 9.55 Å². The highest BCUT2D eigenvalue weighted by Crippen LogP contribution is 2.33. The fourth-order valence-corrected chi connectivity index (χ4v) is 2.72. The number of carbonyl (C=O) groups excluding carboxylic acids is 3. The van der Waals surface area contributed by atoms with Crippen molar-refractivity contribution < 1.29 is 33.3 Å². The number of hydrogen-bond donors (Lipinski definition) is 1. The first-order valence-electron chi connectivity index (χ1n) is 8.08. The average Bonchev–Trinajstić information content (AvgIpc) is 2.88. The van der Waals surface area contributed by atoms with Gasteiger partial charge in [-0.1, -0.05) is 0 Å². The van der Waals surface area contributed by atoms with Crippen LogP contribution in [0.2, 0.25) is 0 Å². The zero-order valence-electron chi connectivity index (χ0n) is 15.0. The molecule has 0 saturated carbocycles. The lowest BCUT2D eigenvalue weighted by Crippen LogP contribution is -2.42. The maximum Gasteiger partial charge on any atom is 0.330 e. The second kappa shape index (κ2) is 8.73. The smallest absolute Gasteiger partial charge is 0.330 e. The number of aryl methyl sites for hydroxylation is 1. The van der Waals surface area contributed by atoms with Crippen LogP contribution in [0.15, 0.2) is 15.8 Å². The molecule has 1 aliphatic rings. The number of carbonyl (C=O) groups is 3. The zero-order valence-corrected chi connectivity index (χ0v) is 15.0. The summed E-state index contributed by atoms with van der Waals surface area (Å²) in [7, 11) is 0. The first-order chi connectivity index (χ1) is 12.7. The van der Waals surface area contributed by atoms with Crippen molar-refractivity contribution in [2.24, 2.45) is 0 Å². The van der Waals surface area contributed by atoms with E-state index in [1.165, 1.54) is 13.1 Å². The number of rotatable bonds is 7. The van der Waals surface area contributed by atoms with E-state index < -0.39 is 47.7 Å². The van der Waals surface area contributed by atoms with Crippen molar-refractivity contribution in [3.05, 3.63) is 32.6 Å². The van der Waals surface area contributed by atoms with Crippen LogP contribution >= 0.6 is 0 Å². The second-order valence-electron chi connectivity index (χ2n) is 5.90. The summed E-state index contributed by atoms with van der Waals surface area (Å²) in [6.45, 7) is 3.44. The Hall–Kier alpha value is -2.79. The quantitative estimate of drug-likeness (QED) is 0.349. The number of nitrogens with zero attached hydrogens (tertiary/aromatic N) is 1. The molecule has 1 fully saturated rings. The molecule has 4 atom stereocenters. The number of H-pyrrole nitrogens is 1. The Balaban J connectivity index is 2.44. The van der Waals surface area contributed by atoms with Crippen molar-refractivity contribution in [2.45, 2.75) is 45.3 Å². The van der Waals surface area contributed by atoms with Gasteiger partial charge in [0.15, 0.2) is 18.4 Å². The summed E-state index contributed by atoms with van der Waals surface area (Å²) < 4.78 is 22.4. The molecule has 0 aromatic carbocycles. The molecule has 2 rings (SSSR count). The lowest BCUT2D eigenvalue weighted by atomic mass is 10.1. The maximum atomic E-state index is 12.2. The van der Waals surface area contributed by atoms with Crippen LogP contribution in [0.3, 0.4) is 0 Å². The molecule has 2 unspecified atom stereocenters. The minimum Gasteiger partial charge on any atom is -0.456 e. The van der Waals surface area contributed by atoms with Gasteiger partial charge in [0.1, 0.15) is 19.0 Å². The Labute approximate surface area is 153 Å². The van der Waals surface area contributed by atoms with Gasteiger partial charge in [0, 0.05) is 25.6 Å². The van der Waals surface area contributed by atoms with Crippen LogP contribution in [-0.4, -0.2) is 59.3 Å². The Morgan fingerprint density at radius 3 is 2.44 bits per heavy atom. The molecule has 27 heavy (non-hydrogen) atoms. The van der Waals surface area contributed by atoms with Gasteiger partial charge in [-0.25, -0.2) is 4.79 Å². The largest absolute Gasteiger partial charge is 0.456 e. The van der Waals surface area contributed by atoms with E-state index in [9.17, 15) is 24.0 Å². The lowest BCUT2D eigenvalue weighted by molar-refractivity contribution is -0.166. The predicted octanol–water partition coefficient (Wildman–Crippen LogP) is -1.18. The van der Waals surface area contributed by atoms with Crippen LogP contribution in [-0.2, 0) is 33.3 Å². The number of aromatic nitrogens is 2. The van der Waals surface area contributed by atoms with E-state index in [4.69, 9.17) is 18.9 Å². The monoisotopic (exact) mass is 384 g/mol. The van der Waals surface area contributed by atoms with Crippen molar-refractivity contribution in [1.29, 1.82) is 0 Å². The zero-order chi connectivity index (χ0) is 20.1. The summed E-state index contributed by atoms with van der Waals surface area (Å²) in [5.74, 6) is -1.35. The molecule has 0 aliphatic carbocycles. The summed E-state index contributed by atoms with van der Waals surface area (Å²) in [6, 6.07) is 0.